The van der Waals surface area contributed by atoms with Gasteiger partial charge in [0.25, 0.3) is 5.91 Å². The number of rotatable bonds is 5. The Kier molecular flexibility index (Phi) is 4.54. The number of benzene rings is 2. The van der Waals surface area contributed by atoms with Crippen molar-refractivity contribution in [3.8, 4) is 22.6 Å². The van der Waals surface area contributed by atoms with E-state index in [1.54, 1.807) is 6.07 Å². The lowest BCUT2D eigenvalue weighted by Crippen LogP contribution is -2.21. The third-order valence-electron chi connectivity index (χ3n) is 5.16. The fourth-order valence-corrected chi connectivity index (χ4v) is 3.74. The molecule has 1 heterocycles. The Balaban J connectivity index is 1.69. The average molecular weight is 362 g/mol. The quantitative estimate of drug-likeness (QED) is 0.726. The van der Waals surface area contributed by atoms with Gasteiger partial charge in [0, 0.05) is 16.7 Å². The van der Waals surface area contributed by atoms with Crippen LogP contribution in [0.2, 0.25) is 0 Å². The van der Waals surface area contributed by atoms with Gasteiger partial charge in [-0.2, -0.15) is 0 Å². The summed E-state index contributed by atoms with van der Waals surface area (Å²) in [6.45, 7) is 2.17. The highest BCUT2D eigenvalue weighted by Gasteiger charge is 2.26. The minimum atomic E-state index is -1.29. The molecule has 138 valence electrons. The Morgan fingerprint density at radius 1 is 1.22 bits per heavy atom. The maximum absolute atomic E-state index is 11.2. The number of fused-ring (bicyclic) bond motifs is 3. The molecular formula is C22H22N2O3. The molecule has 3 aromatic rings. The molecule has 0 bridgehead atoms. The van der Waals surface area contributed by atoms with Crippen molar-refractivity contribution in [2.75, 3.05) is 0 Å². The highest BCUT2D eigenvalue weighted by atomic mass is 16.5. The highest BCUT2D eigenvalue weighted by molar-refractivity contribution is 5.81. The average Bonchev–Trinajstić information content (AvgIpc) is 3.12. The summed E-state index contributed by atoms with van der Waals surface area (Å²) in [4.78, 5) is 11.2. The number of carbonyl (C=O) groups excluding carboxylic acids is 1. The number of aryl methyl sites for hydroxylation is 2. The van der Waals surface area contributed by atoms with Gasteiger partial charge in [0.2, 0.25) is 0 Å². The largest absolute Gasteiger partial charge is 0.378 e. The number of aromatic nitrogens is 1. The molecule has 1 aromatic heterocycles. The Morgan fingerprint density at radius 3 is 2.70 bits per heavy atom. The van der Waals surface area contributed by atoms with Gasteiger partial charge in [0.1, 0.15) is 5.69 Å². The van der Waals surface area contributed by atoms with Gasteiger partial charge in [-0.15, -0.1) is 0 Å². The Hall–Kier alpha value is -2.92. The van der Waals surface area contributed by atoms with Crippen LogP contribution >= 0.6 is 0 Å². The van der Waals surface area contributed by atoms with Gasteiger partial charge in [-0.05, 0) is 36.0 Å². The summed E-state index contributed by atoms with van der Waals surface area (Å²) in [5.41, 5.74) is 12.0. The van der Waals surface area contributed by atoms with Crippen LogP contribution in [0.25, 0.3) is 22.6 Å². The van der Waals surface area contributed by atoms with E-state index in [1.165, 1.54) is 5.56 Å². The Bertz CT molecular complexity index is 989. The number of nitrogens with two attached hydrogens (primary N) is 1. The summed E-state index contributed by atoms with van der Waals surface area (Å²) in [7, 11) is 0. The van der Waals surface area contributed by atoms with Crippen molar-refractivity contribution in [1.29, 1.82) is 0 Å². The van der Waals surface area contributed by atoms with E-state index in [0.717, 1.165) is 59.4 Å². The third-order valence-corrected chi connectivity index (χ3v) is 5.16. The number of hydrogen-bond acceptors (Lipinski definition) is 4. The first-order valence-electron chi connectivity index (χ1n) is 9.27. The van der Waals surface area contributed by atoms with E-state index in [-0.39, 0.29) is 0 Å². The smallest absolute Gasteiger partial charge is 0.250 e. The van der Waals surface area contributed by atoms with Gasteiger partial charge < -0.3 is 15.4 Å². The Labute approximate surface area is 157 Å². The summed E-state index contributed by atoms with van der Waals surface area (Å²) < 4.78 is 5.70. The van der Waals surface area contributed by atoms with E-state index in [2.05, 4.69) is 36.3 Å². The summed E-state index contributed by atoms with van der Waals surface area (Å²) >= 11 is 0. The van der Waals surface area contributed by atoms with E-state index in [0.29, 0.717) is 5.56 Å². The molecular weight excluding hydrogens is 340 g/mol. The van der Waals surface area contributed by atoms with Crippen molar-refractivity contribution in [1.82, 2.24) is 5.16 Å². The van der Waals surface area contributed by atoms with Gasteiger partial charge in [-0.25, -0.2) is 0 Å². The van der Waals surface area contributed by atoms with Crippen LogP contribution in [-0.4, -0.2) is 16.2 Å². The lowest BCUT2D eigenvalue weighted by atomic mass is 9.86. The van der Waals surface area contributed by atoms with Crippen molar-refractivity contribution >= 4 is 5.91 Å². The number of nitrogens with zero attached hydrogens (tertiary/aromatic N) is 1. The van der Waals surface area contributed by atoms with Crippen molar-refractivity contribution in [3.63, 3.8) is 0 Å². The van der Waals surface area contributed by atoms with Gasteiger partial charge in [-0.1, -0.05) is 61.0 Å². The summed E-state index contributed by atoms with van der Waals surface area (Å²) in [6.07, 6.45) is 2.51. The molecule has 1 aliphatic carbocycles. The minimum Gasteiger partial charge on any atom is -0.378 e. The molecule has 0 fully saturated rings. The van der Waals surface area contributed by atoms with Crippen LogP contribution in [0.15, 0.2) is 47.0 Å². The molecule has 0 spiro atoms. The molecule has 0 aliphatic heterocycles. The predicted molar refractivity (Wildman–Crippen MR) is 103 cm³/mol. The predicted octanol–water partition coefficient (Wildman–Crippen LogP) is 3.58. The lowest BCUT2D eigenvalue weighted by molar-refractivity contribution is -0.126. The fourth-order valence-electron chi connectivity index (χ4n) is 3.74. The molecule has 0 saturated heterocycles. The molecule has 27 heavy (non-hydrogen) atoms. The molecule has 5 heteroatoms. The minimum absolute atomic E-state index is 0.514. The second-order valence-corrected chi connectivity index (χ2v) is 7.01. The van der Waals surface area contributed by atoms with E-state index in [9.17, 15) is 9.90 Å². The number of aliphatic hydroxyl groups is 1. The Morgan fingerprint density at radius 2 is 2.00 bits per heavy atom. The van der Waals surface area contributed by atoms with Crippen LogP contribution in [0.5, 0.6) is 0 Å². The summed E-state index contributed by atoms with van der Waals surface area (Å²) in [6, 6.07) is 13.9. The van der Waals surface area contributed by atoms with E-state index >= 15 is 0 Å². The molecule has 3 N–H and O–H groups in total. The molecule has 1 unspecified atom stereocenters. The van der Waals surface area contributed by atoms with Gasteiger partial charge in [-0.3, -0.25) is 4.79 Å². The molecule has 5 nitrogen and oxygen atoms in total. The number of primary amides is 1. The van der Waals surface area contributed by atoms with E-state index < -0.39 is 12.0 Å². The normalized spacial score (nSPS) is 13.7. The maximum Gasteiger partial charge on any atom is 0.250 e. The number of hydrogen-bond donors (Lipinski definition) is 2. The molecule has 1 amide bonds. The van der Waals surface area contributed by atoms with Crippen molar-refractivity contribution in [2.45, 2.75) is 38.7 Å². The van der Waals surface area contributed by atoms with E-state index in [4.69, 9.17) is 10.3 Å². The van der Waals surface area contributed by atoms with Crippen LogP contribution in [0.1, 0.15) is 41.7 Å². The van der Waals surface area contributed by atoms with Gasteiger partial charge in [0.05, 0.1) is 0 Å². The topological polar surface area (TPSA) is 89.3 Å². The first-order valence-corrected chi connectivity index (χ1v) is 9.27. The number of carbonyl (C=O) groups is 1. The zero-order chi connectivity index (χ0) is 19.0. The SMILES string of the molecule is CCCc1ccc(-c2onc3c2CCc2cc(C(O)C(N)=O)ccc2-3)cc1. The standard InChI is InChI=1S/C22H22N2O3/c1-2-3-13-4-6-14(7-5-13)21-18-11-8-15-12-16(20(25)22(23)26)9-10-17(15)19(18)24-27-21/h4-7,9-10,12,20,25H,2-3,8,11H2,1H3,(H2,23,26). The molecule has 1 aliphatic rings. The van der Waals surface area contributed by atoms with Crippen molar-refractivity contribution in [2.24, 2.45) is 5.73 Å². The number of aliphatic hydroxyl groups excluding tert-OH is 1. The number of amides is 1. The van der Waals surface area contributed by atoms with Crippen LogP contribution in [0.3, 0.4) is 0 Å². The monoisotopic (exact) mass is 362 g/mol. The molecule has 0 saturated carbocycles. The van der Waals surface area contributed by atoms with Crippen LogP contribution < -0.4 is 5.73 Å². The summed E-state index contributed by atoms with van der Waals surface area (Å²) in [5.74, 6) is 0.0710. The second kappa shape index (κ2) is 7.00. The van der Waals surface area contributed by atoms with Gasteiger partial charge in [0.15, 0.2) is 11.9 Å². The van der Waals surface area contributed by atoms with Crippen molar-refractivity contribution in [3.05, 3.63) is 64.7 Å². The zero-order valence-electron chi connectivity index (χ0n) is 15.2. The van der Waals surface area contributed by atoms with Crippen LogP contribution in [0, 0.1) is 0 Å². The molecule has 2 aromatic carbocycles. The first kappa shape index (κ1) is 17.5. The molecule has 1 atom stereocenters. The zero-order valence-corrected chi connectivity index (χ0v) is 15.2. The van der Waals surface area contributed by atoms with Crippen molar-refractivity contribution < 1.29 is 14.4 Å². The molecule has 0 radical (unpaired) electrons. The van der Waals surface area contributed by atoms with Gasteiger partial charge >= 0.3 is 0 Å². The van der Waals surface area contributed by atoms with E-state index in [1.807, 2.05) is 12.1 Å². The third kappa shape index (κ3) is 3.15. The summed E-state index contributed by atoms with van der Waals surface area (Å²) in [5, 5.41) is 14.2. The second-order valence-electron chi connectivity index (χ2n) is 7.01. The lowest BCUT2D eigenvalue weighted by Gasteiger charge is -2.17. The van der Waals surface area contributed by atoms with Crippen LogP contribution in [-0.2, 0) is 24.1 Å². The fraction of sp³-hybridized carbons (Fsp3) is 0.273. The molecule has 4 rings (SSSR count). The first-order chi connectivity index (χ1) is 13.1. The van der Waals surface area contributed by atoms with Crippen LogP contribution in [0.4, 0.5) is 0 Å². The maximum atomic E-state index is 11.2. The highest BCUT2D eigenvalue weighted by Crippen LogP contribution is 2.39.